The largest absolute Gasteiger partial charge is 0.459 e. The molecule has 0 unspecified atom stereocenters. The van der Waals surface area contributed by atoms with Gasteiger partial charge in [0.1, 0.15) is 17.8 Å². The lowest BCUT2D eigenvalue weighted by atomic mass is 10.1. The van der Waals surface area contributed by atoms with Gasteiger partial charge in [0.2, 0.25) is 4.77 Å². The number of aromatic amines is 1. The van der Waals surface area contributed by atoms with E-state index in [1.54, 1.807) is 17.9 Å². The van der Waals surface area contributed by atoms with Gasteiger partial charge in [-0.25, -0.2) is 4.68 Å². The van der Waals surface area contributed by atoms with E-state index < -0.39 is 6.10 Å². The quantitative estimate of drug-likeness (QED) is 0.631. The smallest absolute Gasteiger partial charge is 0.214 e. The Morgan fingerprint density at radius 3 is 2.73 bits per heavy atom. The SMILES string of the molecule is C[C@@H](O)c1ccc(-c2ccc(CNn3cn[nH]c3=S)o2)cc1. The van der Waals surface area contributed by atoms with Crippen LogP contribution in [0.25, 0.3) is 11.3 Å². The van der Waals surface area contributed by atoms with Gasteiger partial charge in [0.25, 0.3) is 0 Å². The van der Waals surface area contributed by atoms with Gasteiger partial charge in [-0.15, -0.1) is 0 Å². The van der Waals surface area contributed by atoms with E-state index in [1.165, 1.54) is 0 Å². The summed E-state index contributed by atoms with van der Waals surface area (Å²) in [7, 11) is 0. The van der Waals surface area contributed by atoms with Gasteiger partial charge >= 0.3 is 0 Å². The molecule has 0 spiro atoms. The van der Waals surface area contributed by atoms with Crippen molar-refractivity contribution < 1.29 is 9.52 Å². The van der Waals surface area contributed by atoms with Crippen molar-refractivity contribution in [2.24, 2.45) is 0 Å². The Bertz CT molecular complexity index is 801. The summed E-state index contributed by atoms with van der Waals surface area (Å²) in [5.74, 6) is 1.57. The molecule has 1 atom stereocenters. The van der Waals surface area contributed by atoms with Gasteiger partial charge in [-0.05, 0) is 36.8 Å². The van der Waals surface area contributed by atoms with Crippen LogP contribution in [0, 0.1) is 4.77 Å². The molecule has 2 heterocycles. The summed E-state index contributed by atoms with van der Waals surface area (Å²) in [4.78, 5) is 0. The molecular weight excluding hydrogens is 300 g/mol. The van der Waals surface area contributed by atoms with Crippen LogP contribution >= 0.6 is 12.2 Å². The molecule has 2 aromatic heterocycles. The van der Waals surface area contributed by atoms with Crippen LogP contribution in [0.5, 0.6) is 0 Å². The van der Waals surface area contributed by atoms with Gasteiger partial charge in [0, 0.05) is 5.56 Å². The Balaban J connectivity index is 1.70. The van der Waals surface area contributed by atoms with E-state index in [1.807, 2.05) is 36.4 Å². The maximum Gasteiger partial charge on any atom is 0.214 e. The normalized spacial score (nSPS) is 12.3. The van der Waals surface area contributed by atoms with E-state index in [0.717, 1.165) is 22.6 Å². The van der Waals surface area contributed by atoms with Gasteiger partial charge in [-0.2, -0.15) is 5.10 Å². The van der Waals surface area contributed by atoms with Gasteiger partial charge in [0.05, 0.1) is 12.6 Å². The summed E-state index contributed by atoms with van der Waals surface area (Å²) in [6.45, 7) is 2.24. The number of aliphatic hydroxyl groups is 1. The van der Waals surface area contributed by atoms with Crippen molar-refractivity contribution in [3.05, 3.63) is 58.8 Å². The van der Waals surface area contributed by atoms with Crippen LogP contribution in [-0.4, -0.2) is 20.0 Å². The number of rotatable bonds is 5. The number of nitrogens with one attached hydrogen (secondary N) is 2. The van der Waals surface area contributed by atoms with Crippen LogP contribution < -0.4 is 5.43 Å². The van der Waals surface area contributed by atoms with Crippen molar-refractivity contribution in [1.29, 1.82) is 0 Å². The van der Waals surface area contributed by atoms with Crippen molar-refractivity contribution in [2.75, 3.05) is 5.43 Å². The van der Waals surface area contributed by atoms with Gasteiger partial charge < -0.3 is 14.9 Å². The van der Waals surface area contributed by atoms with Crippen LogP contribution in [0.3, 0.4) is 0 Å². The second-order valence-corrected chi connectivity index (χ2v) is 5.32. The zero-order valence-corrected chi connectivity index (χ0v) is 12.8. The number of benzene rings is 1. The van der Waals surface area contributed by atoms with Crippen LogP contribution in [0.1, 0.15) is 24.4 Å². The van der Waals surface area contributed by atoms with Crippen molar-refractivity contribution in [3.8, 4) is 11.3 Å². The molecule has 0 aliphatic rings. The first-order chi connectivity index (χ1) is 10.6. The van der Waals surface area contributed by atoms with Crippen molar-refractivity contribution in [1.82, 2.24) is 14.9 Å². The number of aromatic nitrogens is 3. The molecule has 0 aliphatic carbocycles. The van der Waals surface area contributed by atoms with E-state index in [-0.39, 0.29) is 0 Å². The van der Waals surface area contributed by atoms with E-state index in [2.05, 4.69) is 15.6 Å². The number of aliphatic hydroxyl groups excluding tert-OH is 1. The molecule has 0 radical (unpaired) electrons. The lowest BCUT2D eigenvalue weighted by molar-refractivity contribution is 0.199. The number of H-pyrrole nitrogens is 1. The lowest BCUT2D eigenvalue weighted by Crippen LogP contribution is -2.12. The van der Waals surface area contributed by atoms with Crippen LogP contribution in [-0.2, 0) is 6.54 Å². The lowest BCUT2D eigenvalue weighted by Gasteiger charge is -2.05. The van der Waals surface area contributed by atoms with E-state index in [4.69, 9.17) is 16.6 Å². The molecule has 114 valence electrons. The highest BCUT2D eigenvalue weighted by Gasteiger charge is 2.06. The Morgan fingerprint density at radius 2 is 2.09 bits per heavy atom. The maximum atomic E-state index is 9.52. The molecular formula is C15H16N4O2S. The molecule has 0 fully saturated rings. The number of hydrogen-bond donors (Lipinski definition) is 3. The number of furan rings is 1. The Morgan fingerprint density at radius 1 is 1.32 bits per heavy atom. The van der Waals surface area contributed by atoms with E-state index in [9.17, 15) is 5.11 Å². The van der Waals surface area contributed by atoms with Crippen LogP contribution in [0.4, 0.5) is 0 Å². The first kappa shape index (κ1) is 14.6. The number of nitrogens with zero attached hydrogens (tertiary/aromatic N) is 2. The highest BCUT2D eigenvalue weighted by molar-refractivity contribution is 7.71. The second-order valence-electron chi connectivity index (χ2n) is 4.93. The van der Waals surface area contributed by atoms with Crippen molar-refractivity contribution in [3.63, 3.8) is 0 Å². The molecule has 0 aliphatic heterocycles. The first-order valence-corrected chi connectivity index (χ1v) is 7.27. The van der Waals surface area contributed by atoms with Gasteiger partial charge in [-0.3, -0.25) is 5.10 Å². The summed E-state index contributed by atoms with van der Waals surface area (Å²) < 4.78 is 7.93. The average Bonchev–Trinajstić information content (AvgIpc) is 3.14. The molecule has 6 nitrogen and oxygen atoms in total. The topological polar surface area (TPSA) is 79.0 Å². The molecule has 0 bridgehead atoms. The fourth-order valence-corrected chi connectivity index (χ4v) is 2.24. The fraction of sp³-hybridized carbons (Fsp3) is 0.200. The summed E-state index contributed by atoms with van der Waals surface area (Å²) in [6.07, 6.45) is 1.10. The highest BCUT2D eigenvalue weighted by atomic mass is 32.1. The molecule has 22 heavy (non-hydrogen) atoms. The molecule has 0 amide bonds. The van der Waals surface area contributed by atoms with Crippen LogP contribution in [0.15, 0.2) is 47.1 Å². The average molecular weight is 316 g/mol. The van der Waals surface area contributed by atoms with Crippen molar-refractivity contribution >= 4 is 12.2 Å². The fourth-order valence-electron chi connectivity index (χ4n) is 2.08. The molecule has 0 saturated heterocycles. The van der Waals surface area contributed by atoms with Gasteiger partial charge in [-0.1, -0.05) is 24.3 Å². The number of hydrogen-bond acceptors (Lipinski definition) is 5. The minimum Gasteiger partial charge on any atom is -0.459 e. The predicted molar refractivity (Wildman–Crippen MR) is 85.3 cm³/mol. The highest BCUT2D eigenvalue weighted by Crippen LogP contribution is 2.24. The molecule has 0 saturated carbocycles. The Labute approximate surface area is 132 Å². The first-order valence-electron chi connectivity index (χ1n) is 6.86. The molecule has 3 N–H and O–H groups in total. The molecule has 7 heteroatoms. The minimum absolute atomic E-state index is 0.468. The summed E-state index contributed by atoms with van der Waals surface area (Å²) in [6, 6.07) is 11.5. The zero-order chi connectivity index (χ0) is 15.5. The Kier molecular flexibility index (Phi) is 4.08. The zero-order valence-electron chi connectivity index (χ0n) is 12.0. The third-order valence-electron chi connectivity index (χ3n) is 3.32. The monoisotopic (exact) mass is 316 g/mol. The molecule has 3 rings (SSSR count). The molecule has 1 aromatic carbocycles. The second kappa shape index (κ2) is 6.17. The molecule has 3 aromatic rings. The predicted octanol–water partition coefficient (Wildman–Crippen LogP) is 3.00. The maximum absolute atomic E-state index is 9.52. The Hall–Kier alpha value is -2.38. The summed E-state index contributed by atoms with van der Waals surface area (Å²) >= 11 is 5.05. The van der Waals surface area contributed by atoms with Gasteiger partial charge in [0.15, 0.2) is 0 Å². The van der Waals surface area contributed by atoms with Crippen LogP contribution in [0.2, 0.25) is 0 Å². The standard InChI is InChI=1S/C15H16N4O2S/c1-10(20)11-2-4-12(5-3-11)14-7-6-13(21-14)8-17-19-9-16-18-15(19)22/h2-7,9-10,17,20H,8H2,1H3,(H,18,22)/t10-/m1/s1. The summed E-state index contributed by atoms with van der Waals surface area (Å²) in [5, 5.41) is 16.0. The van der Waals surface area contributed by atoms with E-state index >= 15 is 0 Å². The minimum atomic E-state index is -0.468. The third-order valence-corrected chi connectivity index (χ3v) is 3.60. The summed E-state index contributed by atoms with van der Waals surface area (Å²) in [5.41, 5.74) is 4.94. The van der Waals surface area contributed by atoms with E-state index in [0.29, 0.717) is 11.3 Å². The third kappa shape index (κ3) is 3.10. The van der Waals surface area contributed by atoms with Crippen molar-refractivity contribution in [2.45, 2.75) is 19.6 Å².